The molecule has 0 aliphatic carbocycles. The highest BCUT2D eigenvalue weighted by Gasteiger charge is 2.24. The van der Waals surface area contributed by atoms with E-state index in [0.29, 0.717) is 22.8 Å². The minimum atomic E-state index is -0.447. The minimum Gasteiger partial charge on any atom is -0.446 e. The number of thiophene rings is 1. The zero-order valence-electron chi connectivity index (χ0n) is 27.2. The SMILES string of the molecule is CCCCCCC(N)CCNC(=O)c1ccc(C(=O)N(C)CCN2CCC(OC(=O)Nc3ccccc3-c3ccccc3)CC2)s1. The molecular weight excluding hydrogens is 598 g/mol. The van der Waals surface area contributed by atoms with Crippen molar-refractivity contribution in [1.29, 1.82) is 0 Å². The zero-order chi connectivity index (χ0) is 32.7. The summed E-state index contributed by atoms with van der Waals surface area (Å²) < 4.78 is 5.76. The molecular formula is C36H49N5O4S. The number of rotatable bonds is 16. The van der Waals surface area contributed by atoms with Gasteiger partial charge in [-0.05, 0) is 49.4 Å². The Morgan fingerprint density at radius 3 is 2.43 bits per heavy atom. The number of benzene rings is 2. The maximum atomic E-state index is 13.0. The molecule has 1 atom stereocenters. The number of nitrogens with zero attached hydrogens (tertiary/aromatic N) is 2. The van der Waals surface area contributed by atoms with Crippen molar-refractivity contribution < 1.29 is 19.1 Å². The van der Waals surface area contributed by atoms with Crippen molar-refractivity contribution in [2.75, 3.05) is 45.1 Å². The van der Waals surface area contributed by atoms with Gasteiger partial charge in [-0.2, -0.15) is 0 Å². The molecule has 3 amide bonds. The van der Waals surface area contributed by atoms with E-state index in [1.54, 1.807) is 24.1 Å². The van der Waals surface area contributed by atoms with Gasteiger partial charge in [-0.15, -0.1) is 11.3 Å². The third-order valence-corrected chi connectivity index (χ3v) is 9.50. The van der Waals surface area contributed by atoms with Crippen LogP contribution in [0.15, 0.2) is 66.7 Å². The third-order valence-electron chi connectivity index (χ3n) is 8.42. The monoisotopic (exact) mass is 647 g/mol. The van der Waals surface area contributed by atoms with Gasteiger partial charge in [-0.3, -0.25) is 14.9 Å². The summed E-state index contributed by atoms with van der Waals surface area (Å²) in [4.78, 5) is 43.5. The van der Waals surface area contributed by atoms with Crippen LogP contribution in [0.2, 0.25) is 0 Å². The number of hydrogen-bond acceptors (Lipinski definition) is 7. The predicted octanol–water partition coefficient (Wildman–Crippen LogP) is 6.62. The molecule has 1 saturated heterocycles. The number of piperidine rings is 1. The second-order valence-corrected chi connectivity index (χ2v) is 13.1. The Morgan fingerprint density at radius 2 is 1.67 bits per heavy atom. The molecule has 0 saturated carbocycles. The fourth-order valence-corrected chi connectivity index (χ4v) is 6.51. The highest BCUT2D eigenvalue weighted by molar-refractivity contribution is 7.15. The first-order chi connectivity index (χ1) is 22.3. The average Bonchev–Trinajstić information content (AvgIpc) is 3.57. The van der Waals surface area contributed by atoms with Gasteiger partial charge >= 0.3 is 6.09 Å². The molecule has 0 spiro atoms. The van der Waals surface area contributed by atoms with Crippen LogP contribution in [-0.4, -0.2) is 79.6 Å². The number of anilines is 1. The largest absolute Gasteiger partial charge is 0.446 e. The van der Waals surface area contributed by atoms with E-state index in [9.17, 15) is 14.4 Å². The van der Waals surface area contributed by atoms with Gasteiger partial charge in [0, 0.05) is 51.4 Å². The molecule has 0 bridgehead atoms. The molecule has 0 radical (unpaired) electrons. The molecule has 2 aromatic carbocycles. The lowest BCUT2D eigenvalue weighted by Gasteiger charge is -2.32. The van der Waals surface area contributed by atoms with Gasteiger partial charge in [0.1, 0.15) is 6.10 Å². The summed E-state index contributed by atoms with van der Waals surface area (Å²) >= 11 is 1.22. The minimum absolute atomic E-state index is 0.0937. The van der Waals surface area contributed by atoms with E-state index in [1.807, 2.05) is 54.6 Å². The van der Waals surface area contributed by atoms with E-state index in [1.165, 1.54) is 30.6 Å². The standard InChI is InChI=1S/C36H49N5O4S/c1-3-4-5-9-14-28(37)19-22-38-34(42)32-17-18-33(46-32)35(43)40(2)25-26-41-23-20-29(21-24-41)45-36(44)39-31-16-11-10-15-30(31)27-12-7-6-8-13-27/h6-8,10-13,15-18,28-29H,3-5,9,14,19-26,37H2,1-2H3,(H,38,42)(H,39,44). The summed E-state index contributed by atoms with van der Waals surface area (Å²) in [5.74, 6) is -0.257. The van der Waals surface area contributed by atoms with Crippen LogP contribution in [0.5, 0.6) is 0 Å². The number of likely N-dealkylation sites (N-methyl/N-ethyl adjacent to an activating group) is 1. The summed E-state index contributed by atoms with van der Waals surface area (Å²) in [7, 11) is 1.79. The Bertz CT molecular complexity index is 1390. The van der Waals surface area contributed by atoms with Crippen LogP contribution in [-0.2, 0) is 4.74 Å². The summed E-state index contributed by atoms with van der Waals surface area (Å²) in [6.45, 7) is 5.58. The second-order valence-electron chi connectivity index (χ2n) is 12.0. The maximum Gasteiger partial charge on any atom is 0.411 e. The Hall–Kier alpha value is -3.73. The van der Waals surface area contributed by atoms with Crippen LogP contribution >= 0.6 is 11.3 Å². The smallest absolute Gasteiger partial charge is 0.411 e. The normalized spacial score (nSPS) is 14.4. The summed E-state index contributed by atoms with van der Waals surface area (Å²) in [5.41, 5.74) is 8.88. The van der Waals surface area contributed by atoms with E-state index in [-0.39, 0.29) is 24.0 Å². The Morgan fingerprint density at radius 1 is 0.957 bits per heavy atom. The highest BCUT2D eigenvalue weighted by Crippen LogP contribution is 2.28. The van der Waals surface area contributed by atoms with Crippen LogP contribution in [0.25, 0.3) is 11.1 Å². The molecule has 1 aliphatic heterocycles. The Labute approximate surface area is 277 Å². The van der Waals surface area contributed by atoms with Crippen LogP contribution in [0.3, 0.4) is 0 Å². The van der Waals surface area contributed by atoms with Crippen LogP contribution < -0.4 is 16.4 Å². The van der Waals surface area contributed by atoms with Crippen molar-refractivity contribution in [2.45, 2.75) is 70.4 Å². The molecule has 10 heteroatoms. The van der Waals surface area contributed by atoms with E-state index in [0.717, 1.165) is 68.6 Å². The summed E-state index contributed by atoms with van der Waals surface area (Å²) in [6, 6.07) is 21.2. The maximum absolute atomic E-state index is 13.0. The predicted molar refractivity (Wildman–Crippen MR) is 186 cm³/mol. The molecule has 1 unspecified atom stereocenters. The van der Waals surface area contributed by atoms with Crippen molar-refractivity contribution >= 4 is 34.9 Å². The van der Waals surface area contributed by atoms with E-state index < -0.39 is 6.09 Å². The van der Waals surface area contributed by atoms with E-state index in [4.69, 9.17) is 10.5 Å². The molecule has 1 aliphatic rings. The van der Waals surface area contributed by atoms with Gasteiger partial charge in [0.25, 0.3) is 11.8 Å². The average molecular weight is 648 g/mol. The van der Waals surface area contributed by atoms with E-state index >= 15 is 0 Å². The number of nitrogens with one attached hydrogen (secondary N) is 2. The van der Waals surface area contributed by atoms with Crippen molar-refractivity contribution in [3.8, 4) is 11.1 Å². The number of ether oxygens (including phenoxy) is 1. The molecule has 9 nitrogen and oxygen atoms in total. The zero-order valence-corrected chi connectivity index (χ0v) is 28.0. The third kappa shape index (κ3) is 11.0. The second kappa shape index (κ2) is 18.4. The fourth-order valence-electron chi connectivity index (χ4n) is 5.59. The molecule has 4 rings (SSSR count). The first-order valence-corrected chi connectivity index (χ1v) is 17.4. The summed E-state index contributed by atoms with van der Waals surface area (Å²) in [6.07, 6.45) is 7.37. The molecule has 248 valence electrons. The quantitative estimate of drug-likeness (QED) is 0.151. The van der Waals surface area contributed by atoms with Crippen molar-refractivity contribution in [2.24, 2.45) is 5.73 Å². The Kier molecular flexibility index (Phi) is 14.1. The number of hydrogen-bond donors (Lipinski definition) is 3. The number of amides is 3. The lowest BCUT2D eigenvalue weighted by Crippen LogP contribution is -2.42. The highest BCUT2D eigenvalue weighted by atomic mass is 32.1. The Balaban J connectivity index is 1.13. The van der Waals surface area contributed by atoms with Crippen molar-refractivity contribution in [3.05, 3.63) is 76.5 Å². The van der Waals surface area contributed by atoms with Gasteiger partial charge in [0.05, 0.1) is 15.4 Å². The number of carbonyl (C=O) groups is 3. The van der Waals surface area contributed by atoms with Crippen LogP contribution in [0, 0.1) is 0 Å². The van der Waals surface area contributed by atoms with Gasteiger partial charge < -0.3 is 25.6 Å². The number of para-hydroxylation sites is 1. The first-order valence-electron chi connectivity index (χ1n) is 16.6. The molecule has 1 aromatic heterocycles. The lowest BCUT2D eigenvalue weighted by molar-refractivity contribution is 0.0541. The first kappa shape index (κ1) is 35.1. The molecule has 3 aromatic rings. The molecule has 2 heterocycles. The number of nitrogens with two attached hydrogens (primary N) is 1. The van der Waals surface area contributed by atoms with Gasteiger partial charge in [-0.1, -0.05) is 81.1 Å². The molecule has 46 heavy (non-hydrogen) atoms. The van der Waals surface area contributed by atoms with E-state index in [2.05, 4.69) is 22.5 Å². The fraction of sp³-hybridized carbons (Fsp3) is 0.472. The van der Waals surface area contributed by atoms with Crippen LogP contribution in [0.1, 0.15) is 77.6 Å². The summed E-state index contributed by atoms with van der Waals surface area (Å²) in [5, 5.41) is 5.86. The van der Waals surface area contributed by atoms with Gasteiger partial charge in [0.15, 0.2) is 0 Å². The topological polar surface area (TPSA) is 117 Å². The molecule has 4 N–H and O–H groups in total. The van der Waals surface area contributed by atoms with Crippen molar-refractivity contribution in [3.63, 3.8) is 0 Å². The number of unbranched alkanes of at least 4 members (excludes halogenated alkanes) is 3. The lowest BCUT2D eigenvalue weighted by atomic mass is 10.0. The van der Waals surface area contributed by atoms with Gasteiger partial charge in [0.2, 0.25) is 0 Å². The molecule has 1 fully saturated rings. The van der Waals surface area contributed by atoms with Gasteiger partial charge in [-0.25, -0.2) is 4.79 Å². The number of likely N-dealkylation sites (tertiary alicyclic amines) is 1. The van der Waals surface area contributed by atoms with Crippen molar-refractivity contribution in [1.82, 2.24) is 15.1 Å². The van der Waals surface area contributed by atoms with Crippen LogP contribution in [0.4, 0.5) is 10.5 Å². The number of carbonyl (C=O) groups excluding carboxylic acids is 3.